The summed E-state index contributed by atoms with van der Waals surface area (Å²) in [6.45, 7) is 2.96. The van der Waals surface area contributed by atoms with Crippen molar-refractivity contribution in [2.45, 2.75) is 19.4 Å². The van der Waals surface area contributed by atoms with Gasteiger partial charge in [0, 0.05) is 6.20 Å². The third-order valence-corrected chi connectivity index (χ3v) is 2.97. The lowest BCUT2D eigenvalue weighted by Gasteiger charge is -2.18. The second-order valence-electron chi connectivity index (χ2n) is 4.12. The molecule has 2 aromatic rings. The summed E-state index contributed by atoms with van der Waals surface area (Å²) in [7, 11) is 1.63. The van der Waals surface area contributed by atoms with Crippen LogP contribution in [0.3, 0.4) is 0 Å². The zero-order valence-electron chi connectivity index (χ0n) is 11.0. The Morgan fingerprint density at radius 3 is 2.89 bits per heavy atom. The fourth-order valence-electron chi connectivity index (χ4n) is 1.90. The molecule has 1 N–H and O–H groups in total. The fraction of sp³-hybridized carbons (Fsp3) is 0.357. The normalized spacial score (nSPS) is 12.4. The second-order valence-corrected chi connectivity index (χ2v) is 4.49. The Labute approximate surface area is 117 Å². The average molecular weight is 281 g/mol. The number of methoxy groups -OCH3 is 1. The average Bonchev–Trinajstić information content (AvgIpc) is 2.86. The van der Waals surface area contributed by atoms with Crippen LogP contribution < -0.4 is 10.1 Å². The molecule has 0 spiro atoms. The molecule has 0 aliphatic heterocycles. The van der Waals surface area contributed by atoms with E-state index in [0.717, 1.165) is 30.2 Å². The maximum absolute atomic E-state index is 5.85. The molecule has 0 radical (unpaired) electrons. The van der Waals surface area contributed by atoms with E-state index in [1.54, 1.807) is 19.4 Å². The number of furan rings is 1. The van der Waals surface area contributed by atoms with Crippen molar-refractivity contribution in [1.82, 2.24) is 10.3 Å². The number of ether oxygens (including phenoxy) is 1. The van der Waals surface area contributed by atoms with E-state index in [1.807, 2.05) is 18.2 Å². The van der Waals surface area contributed by atoms with E-state index in [4.69, 9.17) is 20.8 Å². The van der Waals surface area contributed by atoms with Crippen LogP contribution in [0.5, 0.6) is 5.75 Å². The quantitative estimate of drug-likeness (QED) is 0.881. The number of halogens is 1. The molecule has 0 aliphatic rings. The summed E-state index contributed by atoms with van der Waals surface area (Å²) in [6, 6.07) is 7.14. The second kappa shape index (κ2) is 6.59. The van der Waals surface area contributed by atoms with E-state index >= 15 is 0 Å². The molecule has 0 aliphatic carbocycles. The summed E-state index contributed by atoms with van der Waals surface area (Å²) in [5.41, 5.74) is 0.796. The topological polar surface area (TPSA) is 47.3 Å². The molecule has 19 heavy (non-hydrogen) atoms. The fourth-order valence-corrected chi connectivity index (χ4v) is 2.05. The lowest BCUT2D eigenvalue weighted by molar-refractivity contribution is 0.387. The Morgan fingerprint density at radius 2 is 2.26 bits per heavy atom. The van der Waals surface area contributed by atoms with Gasteiger partial charge in [-0.1, -0.05) is 6.92 Å². The van der Waals surface area contributed by atoms with E-state index in [9.17, 15) is 0 Å². The highest BCUT2D eigenvalue weighted by Gasteiger charge is 2.22. The van der Waals surface area contributed by atoms with Crippen LogP contribution in [-0.4, -0.2) is 18.6 Å². The van der Waals surface area contributed by atoms with E-state index < -0.39 is 0 Å². The van der Waals surface area contributed by atoms with E-state index in [2.05, 4.69) is 17.2 Å². The smallest absolute Gasteiger partial charge is 0.193 e. The first kappa shape index (κ1) is 13.9. The van der Waals surface area contributed by atoms with Crippen LogP contribution in [0.15, 0.2) is 34.9 Å². The molecular formula is C14H17ClN2O2. The Kier molecular flexibility index (Phi) is 4.82. The van der Waals surface area contributed by atoms with Gasteiger partial charge in [0.05, 0.1) is 7.11 Å². The first-order chi connectivity index (χ1) is 9.26. The van der Waals surface area contributed by atoms with Crippen LogP contribution >= 0.6 is 11.6 Å². The predicted octanol–water partition coefficient (Wildman–Crippen LogP) is 3.43. The molecule has 2 aromatic heterocycles. The van der Waals surface area contributed by atoms with Crippen molar-refractivity contribution in [3.05, 3.63) is 47.1 Å². The van der Waals surface area contributed by atoms with Gasteiger partial charge in [-0.25, -0.2) is 0 Å². The van der Waals surface area contributed by atoms with Crippen LogP contribution in [0.1, 0.15) is 30.8 Å². The Hall–Kier alpha value is -1.52. The summed E-state index contributed by atoms with van der Waals surface area (Å²) in [6.07, 6.45) is 2.75. The van der Waals surface area contributed by atoms with Gasteiger partial charge in [0.25, 0.3) is 0 Å². The van der Waals surface area contributed by atoms with Gasteiger partial charge in [0.15, 0.2) is 5.22 Å². The molecule has 102 valence electrons. The van der Waals surface area contributed by atoms with Gasteiger partial charge >= 0.3 is 0 Å². The predicted molar refractivity (Wildman–Crippen MR) is 74.6 cm³/mol. The molecule has 0 bridgehead atoms. The molecule has 0 amide bonds. The largest absolute Gasteiger partial charge is 0.495 e. The maximum atomic E-state index is 5.85. The monoisotopic (exact) mass is 280 g/mol. The van der Waals surface area contributed by atoms with Crippen LogP contribution in [0.2, 0.25) is 5.22 Å². The van der Waals surface area contributed by atoms with E-state index in [-0.39, 0.29) is 6.04 Å². The lowest BCUT2D eigenvalue weighted by atomic mass is 10.1. The lowest BCUT2D eigenvalue weighted by Crippen LogP contribution is -2.24. The van der Waals surface area contributed by atoms with Gasteiger partial charge in [-0.2, -0.15) is 0 Å². The zero-order chi connectivity index (χ0) is 13.7. The number of hydrogen-bond acceptors (Lipinski definition) is 4. The van der Waals surface area contributed by atoms with Crippen molar-refractivity contribution < 1.29 is 9.15 Å². The van der Waals surface area contributed by atoms with E-state index in [1.165, 1.54) is 0 Å². The molecule has 0 aromatic carbocycles. The van der Waals surface area contributed by atoms with Gasteiger partial charge in [0.1, 0.15) is 23.2 Å². The van der Waals surface area contributed by atoms with Crippen molar-refractivity contribution in [3.63, 3.8) is 0 Å². The number of nitrogens with zero attached hydrogens (tertiary/aromatic N) is 1. The number of rotatable bonds is 6. The van der Waals surface area contributed by atoms with Crippen LogP contribution in [0, 0.1) is 0 Å². The Morgan fingerprint density at radius 1 is 1.42 bits per heavy atom. The highest BCUT2D eigenvalue weighted by Crippen LogP contribution is 2.30. The third-order valence-electron chi connectivity index (χ3n) is 2.77. The summed E-state index contributed by atoms with van der Waals surface area (Å²) >= 11 is 5.85. The standard InChI is InChI=1S/C14H17ClN2O2/c1-3-8-16-14(11-6-7-12(15)19-11)13-10(18-2)5-4-9-17-13/h4-7,9,14,16H,3,8H2,1-2H3. The number of aromatic nitrogens is 1. The van der Waals surface area contributed by atoms with Gasteiger partial charge in [0.2, 0.25) is 0 Å². The Balaban J connectivity index is 2.36. The first-order valence-electron chi connectivity index (χ1n) is 6.23. The van der Waals surface area contributed by atoms with Gasteiger partial charge in [-0.3, -0.25) is 4.98 Å². The number of nitrogens with one attached hydrogen (secondary N) is 1. The molecule has 2 rings (SSSR count). The maximum Gasteiger partial charge on any atom is 0.193 e. The third kappa shape index (κ3) is 3.28. The van der Waals surface area contributed by atoms with Crippen LogP contribution in [-0.2, 0) is 0 Å². The van der Waals surface area contributed by atoms with Crippen LogP contribution in [0.25, 0.3) is 0 Å². The molecule has 0 fully saturated rings. The molecule has 2 heterocycles. The minimum Gasteiger partial charge on any atom is -0.495 e. The molecule has 0 saturated carbocycles. The summed E-state index contributed by atoms with van der Waals surface area (Å²) in [4.78, 5) is 4.40. The van der Waals surface area contributed by atoms with Crippen molar-refractivity contribution >= 4 is 11.6 Å². The zero-order valence-corrected chi connectivity index (χ0v) is 11.8. The van der Waals surface area contributed by atoms with Gasteiger partial charge in [-0.15, -0.1) is 0 Å². The van der Waals surface area contributed by atoms with Crippen molar-refractivity contribution in [2.24, 2.45) is 0 Å². The molecule has 1 unspecified atom stereocenters. The minimum absolute atomic E-state index is 0.163. The highest BCUT2D eigenvalue weighted by molar-refractivity contribution is 6.28. The minimum atomic E-state index is -0.163. The number of pyridine rings is 1. The Bertz CT molecular complexity index is 528. The summed E-state index contributed by atoms with van der Waals surface area (Å²) in [5.74, 6) is 1.46. The molecule has 5 heteroatoms. The SMILES string of the molecule is CCCNC(c1ccc(Cl)o1)c1ncccc1OC. The van der Waals surface area contributed by atoms with E-state index in [0.29, 0.717) is 5.22 Å². The first-order valence-corrected chi connectivity index (χ1v) is 6.61. The van der Waals surface area contributed by atoms with Crippen molar-refractivity contribution in [3.8, 4) is 5.75 Å². The molecule has 4 nitrogen and oxygen atoms in total. The number of hydrogen-bond donors (Lipinski definition) is 1. The molecule has 0 saturated heterocycles. The van der Waals surface area contributed by atoms with Gasteiger partial charge < -0.3 is 14.5 Å². The molecule has 1 atom stereocenters. The molecular weight excluding hydrogens is 264 g/mol. The van der Waals surface area contributed by atoms with Crippen molar-refractivity contribution in [2.75, 3.05) is 13.7 Å². The van der Waals surface area contributed by atoms with Crippen molar-refractivity contribution in [1.29, 1.82) is 0 Å². The summed E-state index contributed by atoms with van der Waals surface area (Å²) < 4.78 is 10.9. The van der Waals surface area contributed by atoms with Crippen LogP contribution in [0.4, 0.5) is 0 Å². The highest BCUT2D eigenvalue weighted by atomic mass is 35.5. The summed E-state index contributed by atoms with van der Waals surface area (Å²) in [5, 5.41) is 3.76. The van der Waals surface area contributed by atoms with Gasteiger partial charge in [-0.05, 0) is 48.8 Å².